The number of nitrogens with zero attached hydrogens (tertiary/aromatic N) is 1. The summed E-state index contributed by atoms with van der Waals surface area (Å²) < 4.78 is 15.6. The molecule has 9 nitrogen and oxygen atoms in total. The summed E-state index contributed by atoms with van der Waals surface area (Å²) in [6, 6.07) is 11.7. The van der Waals surface area contributed by atoms with Crippen LogP contribution in [-0.2, 0) is 9.59 Å². The van der Waals surface area contributed by atoms with E-state index in [9.17, 15) is 14.4 Å². The average molecular weight is 458 g/mol. The number of carbonyl (C=O) groups is 3. The quantitative estimate of drug-likeness (QED) is 0.508. The minimum atomic E-state index is -0.426. The number of nitrogens with one attached hydrogen (secondary N) is 2. The molecule has 0 saturated carbocycles. The molecular formula is C24H31N3O6. The van der Waals surface area contributed by atoms with E-state index in [2.05, 4.69) is 10.6 Å². The van der Waals surface area contributed by atoms with E-state index in [4.69, 9.17) is 14.2 Å². The zero-order valence-corrected chi connectivity index (χ0v) is 19.5. The molecule has 2 N–H and O–H groups in total. The molecule has 0 heterocycles. The lowest BCUT2D eigenvalue weighted by Gasteiger charge is -2.22. The van der Waals surface area contributed by atoms with Crippen LogP contribution in [0.1, 0.15) is 30.1 Å². The van der Waals surface area contributed by atoms with Crippen LogP contribution in [0.4, 0.5) is 5.69 Å². The number of unbranched alkanes of at least 4 members (excludes halogenated alkanes) is 1. The number of methoxy groups -OCH3 is 3. The zero-order chi connectivity index (χ0) is 24.2. The van der Waals surface area contributed by atoms with Crippen molar-refractivity contribution >= 4 is 23.4 Å². The Labute approximate surface area is 194 Å². The van der Waals surface area contributed by atoms with Crippen molar-refractivity contribution in [3.8, 4) is 17.2 Å². The van der Waals surface area contributed by atoms with Gasteiger partial charge in [0.2, 0.25) is 11.8 Å². The van der Waals surface area contributed by atoms with E-state index in [0.717, 1.165) is 12.8 Å². The van der Waals surface area contributed by atoms with Crippen LogP contribution in [0.2, 0.25) is 0 Å². The molecule has 9 heteroatoms. The molecule has 0 fully saturated rings. The number of carbonyl (C=O) groups excluding carboxylic acids is 3. The van der Waals surface area contributed by atoms with E-state index < -0.39 is 5.91 Å². The predicted octanol–water partition coefficient (Wildman–Crippen LogP) is 2.71. The topological polar surface area (TPSA) is 106 Å². The Bertz CT molecular complexity index is 946. The third kappa shape index (κ3) is 7.71. The molecule has 0 aromatic heterocycles. The van der Waals surface area contributed by atoms with Gasteiger partial charge in [-0.3, -0.25) is 14.4 Å². The van der Waals surface area contributed by atoms with Gasteiger partial charge in [-0.25, -0.2) is 0 Å². The molecule has 33 heavy (non-hydrogen) atoms. The first-order valence-electron chi connectivity index (χ1n) is 10.6. The molecule has 0 saturated heterocycles. The number of hydrogen-bond acceptors (Lipinski definition) is 6. The van der Waals surface area contributed by atoms with Crippen LogP contribution in [0, 0.1) is 0 Å². The van der Waals surface area contributed by atoms with Crippen molar-refractivity contribution in [3.63, 3.8) is 0 Å². The van der Waals surface area contributed by atoms with Crippen molar-refractivity contribution in [1.82, 2.24) is 10.2 Å². The second-order valence-electron chi connectivity index (χ2n) is 7.20. The fraction of sp³-hybridized carbons (Fsp3) is 0.375. The Morgan fingerprint density at radius 3 is 2.18 bits per heavy atom. The third-order valence-corrected chi connectivity index (χ3v) is 4.85. The molecule has 0 unspecified atom stereocenters. The van der Waals surface area contributed by atoms with Crippen LogP contribution >= 0.6 is 0 Å². The van der Waals surface area contributed by atoms with Crippen molar-refractivity contribution in [3.05, 3.63) is 48.0 Å². The van der Waals surface area contributed by atoms with E-state index in [-0.39, 0.29) is 24.9 Å². The Kier molecular flexibility index (Phi) is 10.0. The lowest BCUT2D eigenvalue weighted by molar-refractivity contribution is -0.124. The molecule has 0 aliphatic carbocycles. The molecule has 3 amide bonds. The summed E-state index contributed by atoms with van der Waals surface area (Å²) in [5.41, 5.74) is 0.969. The molecule has 2 aromatic carbocycles. The second kappa shape index (κ2) is 12.9. The monoisotopic (exact) mass is 457 g/mol. The summed E-state index contributed by atoms with van der Waals surface area (Å²) >= 11 is 0. The van der Waals surface area contributed by atoms with Crippen molar-refractivity contribution < 1.29 is 28.6 Å². The Morgan fingerprint density at radius 1 is 0.879 bits per heavy atom. The van der Waals surface area contributed by atoms with Gasteiger partial charge in [0.25, 0.3) is 5.91 Å². The van der Waals surface area contributed by atoms with Crippen molar-refractivity contribution in [2.75, 3.05) is 46.3 Å². The van der Waals surface area contributed by atoms with Crippen LogP contribution < -0.4 is 24.8 Å². The van der Waals surface area contributed by atoms with Crippen LogP contribution in [0.15, 0.2) is 42.5 Å². The molecular weight excluding hydrogens is 426 g/mol. The highest BCUT2D eigenvalue weighted by Gasteiger charge is 2.20. The molecule has 0 aliphatic heterocycles. The molecule has 0 atom stereocenters. The lowest BCUT2D eigenvalue weighted by atomic mass is 10.1. The van der Waals surface area contributed by atoms with Crippen LogP contribution in [-0.4, -0.2) is 63.6 Å². The Hall–Kier alpha value is -3.75. The van der Waals surface area contributed by atoms with Gasteiger partial charge in [-0.2, -0.15) is 0 Å². The van der Waals surface area contributed by atoms with Crippen LogP contribution in [0.25, 0.3) is 0 Å². The summed E-state index contributed by atoms with van der Waals surface area (Å²) in [4.78, 5) is 39.1. The number of benzene rings is 2. The van der Waals surface area contributed by atoms with Gasteiger partial charge >= 0.3 is 0 Å². The summed E-state index contributed by atoms with van der Waals surface area (Å²) in [7, 11) is 4.57. The normalized spacial score (nSPS) is 10.2. The predicted molar refractivity (Wildman–Crippen MR) is 125 cm³/mol. The maximum absolute atomic E-state index is 13.0. The first-order chi connectivity index (χ1) is 15.9. The highest BCUT2D eigenvalue weighted by molar-refractivity contribution is 5.98. The summed E-state index contributed by atoms with van der Waals surface area (Å²) in [6.45, 7) is 2.04. The minimum Gasteiger partial charge on any atom is -0.497 e. The molecule has 0 aliphatic rings. The highest BCUT2D eigenvalue weighted by atomic mass is 16.5. The average Bonchev–Trinajstić information content (AvgIpc) is 2.84. The molecule has 0 spiro atoms. The maximum Gasteiger partial charge on any atom is 0.254 e. The minimum absolute atomic E-state index is 0.164. The number of hydrogen-bond donors (Lipinski definition) is 2. The van der Waals surface area contributed by atoms with Gasteiger partial charge in [0, 0.05) is 17.8 Å². The van der Waals surface area contributed by atoms with Crippen LogP contribution in [0.5, 0.6) is 17.2 Å². The fourth-order valence-electron chi connectivity index (χ4n) is 3.04. The molecule has 178 valence electrons. The van der Waals surface area contributed by atoms with Crippen molar-refractivity contribution in [1.29, 1.82) is 0 Å². The number of rotatable bonds is 12. The second-order valence-corrected chi connectivity index (χ2v) is 7.20. The van der Waals surface area contributed by atoms with Gasteiger partial charge in [-0.15, -0.1) is 0 Å². The Morgan fingerprint density at radius 2 is 1.58 bits per heavy atom. The van der Waals surface area contributed by atoms with E-state index >= 15 is 0 Å². The number of amides is 3. The van der Waals surface area contributed by atoms with Gasteiger partial charge in [0.1, 0.15) is 5.75 Å². The van der Waals surface area contributed by atoms with E-state index in [0.29, 0.717) is 35.0 Å². The van der Waals surface area contributed by atoms with Crippen molar-refractivity contribution in [2.45, 2.75) is 19.8 Å². The first kappa shape index (κ1) is 25.5. The van der Waals surface area contributed by atoms with Gasteiger partial charge < -0.3 is 29.7 Å². The highest BCUT2D eigenvalue weighted by Crippen LogP contribution is 2.28. The van der Waals surface area contributed by atoms with E-state index in [1.165, 1.54) is 19.1 Å². The van der Waals surface area contributed by atoms with Crippen molar-refractivity contribution in [2.24, 2.45) is 0 Å². The summed E-state index contributed by atoms with van der Waals surface area (Å²) in [6.07, 6.45) is 1.60. The van der Waals surface area contributed by atoms with E-state index in [1.54, 1.807) is 49.6 Å². The van der Waals surface area contributed by atoms with Gasteiger partial charge in [0.15, 0.2) is 11.5 Å². The molecule has 0 radical (unpaired) electrons. The smallest absolute Gasteiger partial charge is 0.254 e. The summed E-state index contributed by atoms with van der Waals surface area (Å²) in [5, 5.41) is 5.26. The summed E-state index contributed by atoms with van der Waals surface area (Å²) in [5.74, 6) is 0.507. The Balaban J connectivity index is 1.97. The lowest BCUT2D eigenvalue weighted by Crippen LogP contribution is -2.43. The molecule has 2 rings (SSSR count). The third-order valence-electron chi connectivity index (χ3n) is 4.85. The largest absolute Gasteiger partial charge is 0.497 e. The van der Waals surface area contributed by atoms with Gasteiger partial charge in [-0.1, -0.05) is 13.3 Å². The SMILES string of the molecule is CCCCN(CC(=O)NCC(=O)Nc1ccc(OC)cc1)C(=O)c1ccc(OC)c(OC)c1. The maximum atomic E-state index is 13.0. The first-order valence-corrected chi connectivity index (χ1v) is 10.6. The van der Waals surface area contributed by atoms with Gasteiger partial charge in [0.05, 0.1) is 34.4 Å². The molecule has 2 aromatic rings. The number of anilines is 1. The molecule has 0 bridgehead atoms. The fourth-order valence-corrected chi connectivity index (χ4v) is 3.04. The van der Waals surface area contributed by atoms with Gasteiger partial charge in [-0.05, 0) is 48.9 Å². The number of ether oxygens (including phenoxy) is 3. The van der Waals surface area contributed by atoms with E-state index in [1.807, 2.05) is 6.92 Å². The zero-order valence-electron chi connectivity index (χ0n) is 19.5. The van der Waals surface area contributed by atoms with Crippen LogP contribution in [0.3, 0.4) is 0 Å². The standard InChI is InChI=1S/C24H31N3O6/c1-5-6-13-27(24(30)17-7-12-20(32-3)21(14-17)33-4)16-23(29)25-15-22(28)26-18-8-10-19(31-2)11-9-18/h7-12,14H,5-6,13,15-16H2,1-4H3,(H,25,29)(H,26,28).